The van der Waals surface area contributed by atoms with E-state index in [0.717, 1.165) is 19.3 Å². The van der Waals surface area contributed by atoms with Crippen LogP contribution >= 0.6 is 0 Å². The van der Waals surface area contributed by atoms with Crippen LogP contribution in [0.5, 0.6) is 0 Å². The normalized spacial score (nSPS) is 27.2. The smallest absolute Gasteiger partial charge is 0.225 e. The van der Waals surface area contributed by atoms with E-state index in [4.69, 9.17) is 4.74 Å². The van der Waals surface area contributed by atoms with Crippen LogP contribution in [0.15, 0.2) is 0 Å². The van der Waals surface area contributed by atoms with E-state index in [1.165, 1.54) is 6.92 Å². The van der Waals surface area contributed by atoms with E-state index in [0.29, 0.717) is 26.1 Å². The SMILES string of the molecule is COC1CCN(C(=O)CC2(CO)CCCN2C(C)=O)CC1. The molecule has 1 atom stereocenters. The van der Waals surface area contributed by atoms with Crippen LogP contribution in [0.2, 0.25) is 0 Å². The van der Waals surface area contributed by atoms with Gasteiger partial charge < -0.3 is 19.6 Å². The zero-order valence-electron chi connectivity index (χ0n) is 13.0. The summed E-state index contributed by atoms with van der Waals surface area (Å²) in [5.41, 5.74) is -0.693. The van der Waals surface area contributed by atoms with Crippen molar-refractivity contribution in [2.45, 2.75) is 50.7 Å². The number of hydrogen-bond donors (Lipinski definition) is 1. The van der Waals surface area contributed by atoms with Crippen molar-refractivity contribution in [1.82, 2.24) is 9.80 Å². The number of aliphatic hydroxyl groups is 1. The Bertz CT molecular complexity index is 393. The summed E-state index contributed by atoms with van der Waals surface area (Å²) in [5.74, 6) is -0.0285. The Labute approximate surface area is 126 Å². The van der Waals surface area contributed by atoms with Gasteiger partial charge in [-0.05, 0) is 25.7 Å². The van der Waals surface area contributed by atoms with Gasteiger partial charge >= 0.3 is 0 Å². The first-order chi connectivity index (χ1) is 10.0. The van der Waals surface area contributed by atoms with Crippen molar-refractivity contribution < 1.29 is 19.4 Å². The highest BCUT2D eigenvalue weighted by molar-refractivity contribution is 5.80. The number of hydrogen-bond acceptors (Lipinski definition) is 4. The maximum Gasteiger partial charge on any atom is 0.225 e. The Kier molecular flexibility index (Phi) is 5.22. The first-order valence-corrected chi connectivity index (χ1v) is 7.72. The van der Waals surface area contributed by atoms with Crippen molar-refractivity contribution >= 4 is 11.8 Å². The summed E-state index contributed by atoms with van der Waals surface area (Å²) in [5, 5.41) is 9.78. The molecule has 0 radical (unpaired) electrons. The lowest BCUT2D eigenvalue weighted by Crippen LogP contribution is -2.53. The molecular formula is C15H26N2O4. The fourth-order valence-electron chi connectivity index (χ4n) is 3.57. The van der Waals surface area contributed by atoms with E-state index >= 15 is 0 Å². The minimum Gasteiger partial charge on any atom is -0.394 e. The predicted molar refractivity (Wildman–Crippen MR) is 77.7 cm³/mol. The van der Waals surface area contributed by atoms with Gasteiger partial charge in [-0.25, -0.2) is 0 Å². The lowest BCUT2D eigenvalue weighted by atomic mass is 9.91. The standard InChI is InChI=1S/C15H26N2O4/c1-12(19)17-7-3-6-15(17,11-18)10-14(20)16-8-4-13(21-2)5-9-16/h13,18H,3-11H2,1-2H3. The molecule has 2 amide bonds. The van der Waals surface area contributed by atoms with Gasteiger partial charge in [0.25, 0.3) is 0 Å². The summed E-state index contributed by atoms with van der Waals surface area (Å²) in [6.45, 7) is 3.38. The summed E-state index contributed by atoms with van der Waals surface area (Å²) < 4.78 is 5.31. The fourth-order valence-corrected chi connectivity index (χ4v) is 3.57. The molecule has 6 nitrogen and oxygen atoms in total. The molecule has 1 unspecified atom stereocenters. The minimum atomic E-state index is -0.693. The summed E-state index contributed by atoms with van der Waals surface area (Å²) in [6, 6.07) is 0. The van der Waals surface area contributed by atoms with Crippen molar-refractivity contribution in [2.75, 3.05) is 33.4 Å². The number of nitrogens with zero attached hydrogens (tertiary/aromatic N) is 2. The molecule has 2 heterocycles. The van der Waals surface area contributed by atoms with Gasteiger partial charge in [0.05, 0.1) is 24.7 Å². The molecule has 6 heteroatoms. The van der Waals surface area contributed by atoms with E-state index in [9.17, 15) is 14.7 Å². The van der Waals surface area contributed by atoms with Crippen LogP contribution in [-0.4, -0.2) is 71.7 Å². The Hall–Kier alpha value is -1.14. The van der Waals surface area contributed by atoms with Crippen molar-refractivity contribution in [3.05, 3.63) is 0 Å². The number of aliphatic hydroxyl groups excluding tert-OH is 1. The molecule has 0 bridgehead atoms. The lowest BCUT2D eigenvalue weighted by molar-refractivity contribution is -0.142. The Morgan fingerprint density at radius 1 is 1.29 bits per heavy atom. The molecule has 0 aromatic heterocycles. The van der Waals surface area contributed by atoms with E-state index in [2.05, 4.69) is 0 Å². The minimum absolute atomic E-state index is 0.0340. The van der Waals surface area contributed by atoms with Gasteiger partial charge in [-0.15, -0.1) is 0 Å². The fraction of sp³-hybridized carbons (Fsp3) is 0.867. The van der Waals surface area contributed by atoms with Crippen LogP contribution < -0.4 is 0 Å². The highest BCUT2D eigenvalue weighted by Crippen LogP contribution is 2.33. The highest BCUT2D eigenvalue weighted by atomic mass is 16.5. The average Bonchev–Trinajstić information content (AvgIpc) is 2.91. The van der Waals surface area contributed by atoms with Crippen LogP contribution in [0, 0.1) is 0 Å². The second kappa shape index (κ2) is 6.75. The molecule has 0 aliphatic carbocycles. The molecule has 0 saturated carbocycles. The van der Waals surface area contributed by atoms with Gasteiger partial charge in [-0.3, -0.25) is 9.59 Å². The maximum absolute atomic E-state index is 12.5. The number of ether oxygens (including phenoxy) is 1. The molecule has 0 aromatic rings. The lowest BCUT2D eigenvalue weighted by Gasteiger charge is -2.39. The van der Waals surface area contributed by atoms with Gasteiger partial charge in [0.1, 0.15) is 0 Å². The summed E-state index contributed by atoms with van der Waals surface area (Å²) in [7, 11) is 1.70. The van der Waals surface area contributed by atoms with Gasteiger partial charge in [0, 0.05) is 33.7 Å². The van der Waals surface area contributed by atoms with Gasteiger partial charge in [0.2, 0.25) is 11.8 Å². The molecule has 2 fully saturated rings. The predicted octanol–water partition coefficient (Wildman–Crippen LogP) is 0.387. The highest BCUT2D eigenvalue weighted by Gasteiger charge is 2.44. The van der Waals surface area contributed by atoms with Gasteiger partial charge in [0.15, 0.2) is 0 Å². The number of piperidine rings is 1. The maximum atomic E-state index is 12.5. The largest absolute Gasteiger partial charge is 0.394 e. The number of carbonyl (C=O) groups is 2. The summed E-state index contributed by atoms with van der Waals surface area (Å²) in [6.07, 6.45) is 3.71. The van der Waals surface area contributed by atoms with Crippen molar-refractivity contribution in [2.24, 2.45) is 0 Å². The average molecular weight is 298 g/mol. The number of likely N-dealkylation sites (tertiary alicyclic amines) is 2. The van der Waals surface area contributed by atoms with Crippen molar-refractivity contribution in [3.8, 4) is 0 Å². The van der Waals surface area contributed by atoms with Crippen LogP contribution in [0.1, 0.15) is 39.0 Å². The van der Waals surface area contributed by atoms with Crippen molar-refractivity contribution in [1.29, 1.82) is 0 Å². The second-order valence-electron chi connectivity index (χ2n) is 6.15. The van der Waals surface area contributed by atoms with Crippen molar-refractivity contribution in [3.63, 3.8) is 0 Å². The van der Waals surface area contributed by atoms with E-state index in [-0.39, 0.29) is 30.9 Å². The molecule has 120 valence electrons. The van der Waals surface area contributed by atoms with Crippen LogP contribution in [-0.2, 0) is 14.3 Å². The zero-order valence-corrected chi connectivity index (χ0v) is 13.0. The van der Waals surface area contributed by atoms with Gasteiger partial charge in [-0.2, -0.15) is 0 Å². The summed E-state index contributed by atoms with van der Waals surface area (Å²) >= 11 is 0. The topological polar surface area (TPSA) is 70.1 Å². The molecule has 0 spiro atoms. The summed E-state index contributed by atoms with van der Waals surface area (Å²) in [4.78, 5) is 27.8. The van der Waals surface area contributed by atoms with E-state index < -0.39 is 5.54 Å². The Morgan fingerprint density at radius 2 is 1.95 bits per heavy atom. The van der Waals surface area contributed by atoms with E-state index in [1.807, 2.05) is 4.90 Å². The van der Waals surface area contributed by atoms with Crippen LogP contribution in [0.3, 0.4) is 0 Å². The van der Waals surface area contributed by atoms with Crippen LogP contribution in [0.25, 0.3) is 0 Å². The number of methoxy groups -OCH3 is 1. The third-order valence-electron chi connectivity index (χ3n) is 4.88. The molecular weight excluding hydrogens is 272 g/mol. The zero-order chi connectivity index (χ0) is 15.5. The van der Waals surface area contributed by atoms with Gasteiger partial charge in [-0.1, -0.05) is 0 Å². The first kappa shape index (κ1) is 16.2. The quantitative estimate of drug-likeness (QED) is 0.815. The molecule has 1 N–H and O–H groups in total. The molecule has 2 aliphatic rings. The number of rotatable bonds is 4. The monoisotopic (exact) mass is 298 g/mol. The molecule has 2 aliphatic heterocycles. The van der Waals surface area contributed by atoms with Crippen LogP contribution in [0.4, 0.5) is 0 Å². The first-order valence-electron chi connectivity index (χ1n) is 7.72. The molecule has 2 rings (SSSR count). The molecule has 21 heavy (non-hydrogen) atoms. The molecule has 0 aromatic carbocycles. The van der Waals surface area contributed by atoms with E-state index in [1.54, 1.807) is 12.0 Å². The molecule has 2 saturated heterocycles. The Morgan fingerprint density at radius 3 is 2.48 bits per heavy atom. The Balaban J connectivity index is 1.98. The second-order valence-corrected chi connectivity index (χ2v) is 6.15. The number of carbonyl (C=O) groups excluding carboxylic acids is 2. The third-order valence-corrected chi connectivity index (χ3v) is 4.88. The third kappa shape index (κ3) is 3.37. The number of amides is 2.